The van der Waals surface area contributed by atoms with Crippen molar-refractivity contribution >= 4 is 34.6 Å². The Hall–Kier alpha value is -6.89. The minimum atomic E-state index is -4.57. The number of alkyl halides is 6. The summed E-state index contributed by atoms with van der Waals surface area (Å²) in [5, 5.41) is 6.12. The lowest BCUT2D eigenvalue weighted by Gasteiger charge is -2.26. The third kappa shape index (κ3) is 11.5. The van der Waals surface area contributed by atoms with Gasteiger partial charge >= 0.3 is 12.4 Å². The molecule has 0 bridgehead atoms. The molecule has 1 aromatic heterocycles. The fourth-order valence-corrected chi connectivity index (χ4v) is 8.13. The fourth-order valence-electron chi connectivity index (χ4n) is 8.13. The summed E-state index contributed by atoms with van der Waals surface area (Å²) >= 11 is 0. The third-order valence-electron chi connectivity index (χ3n) is 11.5. The second-order valence-corrected chi connectivity index (χ2v) is 16.3. The van der Waals surface area contributed by atoms with Gasteiger partial charge in [-0.2, -0.15) is 26.3 Å². The molecular weight excluding hydrogens is 863 g/mol. The van der Waals surface area contributed by atoms with Gasteiger partial charge in [0.15, 0.2) is 0 Å². The van der Waals surface area contributed by atoms with Crippen LogP contribution in [0.3, 0.4) is 0 Å². The van der Waals surface area contributed by atoms with Crippen molar-refractivity contribution in [1.82, 2.24) is 19.7 Å². The number of hydrogen-bond donors (Lipinski definition) is 6. The number of nitrogens with one attached hydrogen (secondary N) is 2. The Morgan fingerprint density at radius 3 is 1.41 bits per heavy atom. The summed E-state index contributed by atoms with van der Waals surface area (Å²) < 4.78 is 81.8. The van der Waals surface area contributed by atoms with Crippen molar-refractivity contribution in [1.29, 1.82) is 0 Å². The number of benzene rings is 4. The molecule has 0 fully saturated rings. The summed E-state index contributed by atoms with van der Waals surface area (Å²) in [6.07, 6.45) is -4.75. The van der Waals surface area contributed by atoms with Crippen LogP contribution in [0.2, 0.25) is 0 Å². The minimum absolute atomic E-state index is 0.0826. The van der Waals surface area contributed by atoms with Crippen LogP contribution in [0.25, 0.3) is 0 Å². The predicted octanol–water partition coefficient (Wildman–Crippen LogP) is 7.68. The lowest BCUT2D eigenvalue weighted by molar-refractivity contribution is -0.138. The maximum absolute atomic E-state index is 14.1. The molecule has 2 atom stereocenters. The van der Waals surface area contributed by atoms with E-state index < -0.39 is 35.6 Å². The first-order valence-electron chi connectivity index (χ1n) is 21.2. The van der Waals surface area contributed by atoms with Gasteiger partial charge in [-0.1, -0.05) is 36.4 Å². The van der Waals surface area contributed by atoms with Crippen LogP contribution in [0, 0.1) is 0 Å². The van der Waals surface area contributed by atoms with Crippen molar-refractivity contribution in [2.75, 3.05) is 61.4 Å². The number of nitrogens with two attached hydrogens (primary N) is 4. The van der Waals surface area contributed by atoms with Crippen LogP contribution < -0.4 is 33.6 Å². The van der Waals surface area contributed by atoms with Crippen molar-refractivity contribution in [2.45, 2.75) is 43.8 Å². The average Bonchev–Trinajstić information content (AvgIpc) is 3.76. The van der Waals surface area contributed by atoms with E-state index >= 15 is 0 Å². The normalized spacial score (nSPS) is 15.6. The molecule has 2 aliphatic rings. The number of pyridine rings is 1. The molecular formula is C48H50F6N10O2. The van der Waals surface area contributed by atoms with Gasteiger partial charge in [-0.05, 0) is 102 Å². The number of anilines is 4. The molecule has 0 saturated carbocycles. The zero-order valence-corrected chi connectivity index (χ0v) is 35.7. The molecule has 0 saturated heterocycles. The van der Waals surface area contributed by atoms with Crippen LogP contribution in [0.15, 0.2) is 144 Å². The number of hydrogen-bond acceptors (Lipinski definition) is 10. The van der Waals surface area contributed by atoms with Crippen molar-refractivity contribution in [3.8, 4) is 0 Å². The van der Waals surface area contributed by atoms with Crippen LogP contribution in [0.5, 0.6) is 0 Å². The van der Waals surface area contributed by atoms with Gasteiger partial charge in [0.25, 0.3) is 11.8 Å². The maximum Gasteiger partial charge on any atom is 0.416 e. The number of amides is 2. The highest BCUT2D eigenvalue weighted by molar-refractivity contribution is 6.00. The molecule has 0 unspecified atom stereocenters. The smallest absolute Gasteiger partial charge is 0.399 e. The summed E-state index contributed by atoms with van der Waals surface area (Å²) in [6.45, 7) is 2.31. The van der Waals surface area contributed by atoms with Crippen molar-refractivity contribution in [3.05, 3.63) is 172 Å². The van der Waals surface area contributed by atoms with E-state index in [0.29, 0.717) is 79.5 Å². The second kappa shape index (κ2) is 20.1. The highest BCUT2D eigenvalue weighted by Gasteiger charge is 2.37. The van der Waals surface area contributed by atoms with Crippen molar-refractivity contribution < 1.29 is 35.9 Å². The van der Waals surface area contributed by atoms with Gasteiger partial charge in [-0.25, -0.2) is 0 Å². The van der Waals surface area contributed by atoms with E-state index in [1.807, 2.05) is 12.1 Å². The number of aromatic nitrogens is 1. The minimum Gasteiger partial charge on any atom is -0.399 e. The fraction of sp³-hybridized carbons (Fsp3) is 0.271. The molecule has 18 heteroatoms. The lowest BCUT2D eigenvalue weighted by Crippen LogP contribution is -2.35. The Labute approximate surface area is 377 Å². The van der Waals surface area contributed by atoms with Gasteiger partial charge in [0.05, 0.1) is 47.4 Å². The van der Waals surface area contributed by atoms with E-state index in [9.17, 15) is 35.9 Å². The van der Waals surface area contributed by atoms with E-state index in [2.05, 4.69) is 20.5 Å². The van der Waals surface area contributed by atoms with E-state index in [1.54, 1.807) is 70.7 Å². The highest BCUT2D eigenvalue weighted by Crippen LogP contribution is 2.36. The molecule has 66 heavy (non-hydrogen) atoms. The molecule has 0 radical (unpaired) electrons. The molecule has 0 spiro atoms. The average molecular weight is 913 g/mol. The second-order valence-electron chi connectivity index (χ2n) is 16.3. The van der Waals surface area contributed by atoms with Gasteiger partial charge in [0.2, 0.25) is 0 Å². The topological polar surface area (TPSA) is 185 Å². The quantitative estimate of drug-likeness (QED) is 0.0377. The van der Waals surface area contributed by atoms with Crippen molar-refractivity contribution in [3.63, 3.8) is 0 Å². The summed E-state index contributed by atoms with van der Waals surface area (Å²) in [6, 6.07) is 24.9. The third-order valence-corrected chi connectivity index (χ3v) is 11.5. The standard InChI is InChI=1S/C48H50F6N10O2/c49-47(50,51)33-5-1-7-37(25-33)60-39-28-63(45(65)41(39)43(57)31-9-13-35(55)14-10-31)23-3-21-62(27-30-17-19-59-20-18-30)22-4-24-64-29-40(61-38-8-2-6-34(26-38)48(52,53)54)42(46(64)66)44(58)32-11-15-36(56)16-12-32/h1-2,5-20,25-26,43-44,60-61H,3-4,21-24,27-29,55-58H2/t43-,44-/m1/s1. The number of rotatable bonds is 18. The van der Waals surface area contributed by atoms with Crippen LogP contribution in [0.1, 0.15) is 52.7 Å². The largest absolute Gasteiger partial charge is 0.416 e. The molecule has 7 rings (SSSR count). The number of carbonyl (C=O) groups excluding carboxylic acids is 2. The van der Waals surface area contributed by atoms with E-state index in [-0.39, 0.29) is 47.4 Å². The van der Waals surface area contributed by atoms with Crippen LogP contribution in [-0.2, 0) is 28.5 Å². The first-order chi connectivity index (χ1) is 31.4. The van der Waals surface area contributed by atoms with Crippen LogP contribution in [-0.4, -0.2) is 70.8 Å². The Kier molecular flexibility index (Phi) is 14.3. The molecule has 4 aromatic carbocycles. The zero-order valence-electron chi connectivity index (χ0n) is 35.7. The van der Waals surface area contributed by atoms with E-state index in [0.717, 1.165) is 29.8 Å². The molecule has 0 aliphatic carbocycles. The Bertz CT molecular complexity index is 2410. The van der Waals surface area contributed by atoms with Crippen LogP contribution >= 0.6 is 0 Å². The summed E-state index contributed by atoms with van der Waals surface area (Å²) in [5.41, 5.74) is 28.2. The molecule has 2 amide bonds. The number of halogens is 6. The van der Waals surface area contributed by atoms with Gasteiger partial charge in [-0.3, -0.25) is 19.5 Å². The first-order valence-corrected chi connectivity index (χ1v) is 21.2. The zero-order chi connectivity index (χ0) is 47.2. The van der Waals surface area contributed by atoms with E-state index in [4.69, 9.17) is 22.9 Å². The molecule has 10 N–H and O–H groups in total. The SMILES string of the molecule is Nc1ccc([C@@H](N)C2=C(Nc3cccc(C(F)(F)F)c3)CN(CCCN(CCCN3CC(Nc4cccc(C(F)(F)F)c4)=C([C@H](N)c4ccc(N)cc4)C3=O)Cc3ccncc3)C2=O)cc1. The Balaban J connectivity index is 1.04. The Morgan fingerprint density at radius 1 is 0.606 bits per heavy atom. The van der Waals surface area contributed by atoms with Gasteiger partial charge in [0, 0.05) is 79.3 Å². The molecule has 3 heterocycles. The van der Waals surface area contributed by atoms with Gasteiger partial charge in [0.1, 0.15) is 0 Å². The summed E-state index contributed by atoms with van der Waals surface area (Å²) in [5.74, 6) is -0.700. The van der Waals surface area contributed by atoms with Crippen molar-refractivity contribution in [2.24, 2.45) is 11.5 Å². The van der Waals surface area contributed by atoms with E-state index in [1.165, 1.54) is 24.3 Å². The highest BCUT2D eigenvalue weighted by atomic mass is 19.4. The number of nitrogens with zero attached hydrogens (tertiary/aromatic N) is 4. The molecule has 2 aliphatic heterocycles. The lowest BCUT2D eigenvalue weighted by atomic mass is 9.98. The first kappa shape index (κ1) is 47.1. The number of nitrogen functional groups attached to an aromatic ring is 2. The summed E-state index contributed by atoms with van der Waals surface area (Å²) in [7, 11) is 0. The monoisotopic (exact) mass is 912 g/mol. The predicted molar refractivity (Wildman–Crippen MR) is 242 cm³/mol. The Morgan fingerprint density at radius 2 is 1.02 bits per heavy atom. The molecule has 5 aromatic rings. The number of carbonyl (C=O) groups is 2. The van der Waals surface area contributed by atoms with Crippen LogP contribution in [0.4, 0.5) is 49.1 Å². The maximum atomic E-state index is 14.1. The van der Waals surface area contributed by atoms with Gasteiger partial charge < -0.3 is 43.4 Å². The summed E-state index contributed by atoms with van der Waals surface area (Å²) in [4.78, 5) is 37.8. The molecule has 12 nitrogen and oxygen atoms in total. The van der Waals surface area contributed by atoms with Gasteiger partial charge in [-0.15, -0.1) is 0 Å². The molecule has 346 valence electrons.